The zero-order valence-corrected chi connectivity index (χ0v) is 10.2. The number of aliphatic hydroxyl groups is 1. The van der Waals surface area contributed by atoms with E-state index in [0.29, 0.717) is 15.7 Å². The minimum absolute atomic E-state index is 0.214. The molecule has 0 aromatic heterocycles. The summed E-state index contributed by atoms with van der Waals surface area (Å²) in [6, 6.07) is 5.17. The Morgan fingerprint density at radius 1 is 1.56 bits per heavy atom. The maximum absolute atomic E-state index is 11.7. The highest BCUT2D eigenvalue weighted by molar-refractivity contribution is 9.10. The fourth-order valence-electron chi connectivity index (χ4n) is 1.92. The molecule has 84 valence electrons. The van der Waals surface area contributed by atoms with Crippen molar-refractivity contribution in [3.8, 4) is 0 Å². The van der Waals surface area contributed by atoms with Crippen LogP contribution in [0.4, 0.5) is 5.69 Å². The molecule has 1 aliphatic heterocycles. The van der Waals surface area contributed by atoms with Crippen LogP contribution in [0.3, 0.4) is 0 Å². The van der Waals surface area contributed by atoms with E-state index in [1.807, 2.05) is 0 Å². The van der Waals surface area contributed by atoms with Gasteiger partial charge in [-0.15, -0.1) is 0 Å². The van der Waals surface area contributed by atoms with E-state index in [-0.39, 0.29) is 12.2 Å². The van der Waals surface area contributed by atoms with E-state index < -0.39 is 11.5 Å². The third-order valence-electron chi connectivity index (χ3n) is 2.56. The minimum Gasteiger partial charge on any atom is -0.375 e. The molecule has 0 radical (unpaired) electrons. The van der Waals surface area contributed by atoms with Crippen LogP contribution in [-0.2, 0) is 15.2 Å². The van der Waals surface area contributed by atoms with Crippen LogP contribution in [0.2, 0.25) is 0 Å². The Labute approximate surface area is 101 Å². The first-order valence-electron chi connectivity index (χ1n) is 4.77. The van der Waals surface area contributed by atoms with Gasteiger partial charge in [0, 0.05) is 22.1 Å². The lowest BCUT2D eigenvalue weighted by molar-refractivity contribution is -0.139. The molecule has 0 unspecified atom stereocenters. The molecular weight excluding hydrogens is 274 g/mol. The van der Waals surface area contributed by atoms with Gasteiger partial charge in [-0.1, -0.05) is 22.0 Å². The molecule has 1 atom stereocenters. The van der Waals surface area contributed by atoms with Crippen molar-refractivity contribution in [3.05, 3.63) is 28.2 Å². The standard InChI is InChI=1S/C11H10BrNO3/c1-6(14)5-11(16)9-7(12)3-2-4-8(9)13-10(11)15/h2-4,16H,5H2,1H3,(H,13,15)/t11-/m1/s1. The molecule has 1 amide bonds. The zero-order chi connectivity index (χ0) is 11.9. The average Bonchev–Trinajstić information content (AvgIpc) is 2.39. The molecule has 0 saturated carbocycles. The highest BCUT2D eigenvalue weighted by Gasteiger charge is 2.47. The molecule has 1 aromatic carbocycles. The summed E-state index contributed by atoms with van der Waals surface area (Å²) in [4.78, 5) is 22.8. The summed E-state index contributed by atoms with van der Waals surface area (Å²) in [5.74, 6) is -0.786. The van der Waals surface area contributed by atoms with Gasteiger partial charge in [-0.25, -0.2) is 0 Å². The van der Waals surface area contributed by atoms with Crippen LogP contribution in [0.5, 0.6) is 0 Å². The van der Waals surface area contributed by atoms with Crippen molar-refractivity contribution >= 4 is 33.3 Å². The molecule has 0 spiro atoms. The molecule has 0 bridgehead atoms. The Bertz CT molecular complexity index is 486. The van der Waals surface area contributed by atoms with Crippen molar-refractivity contribution in [2.45, 2.75) is 18.9 Å². The molecule has 1 aromatic rings. The second kappa shape index (κ2) is 3.68. The second-order valence-corrected chi connectivity index (χ2v) is 4.71. The van der Waals surface area contributed by atoms with Gasteiger partial charge in [0.2, 0.25) is 0 Å². The van der Waals surface area contributed by atoms with Crippen molar-refractivity contribution in [2.24, 2.45) is 0 Å². The molecule has 0 aliphatic carbocycles. The van der Waals surface area contributed by atoms with Crippen molar-refractivity contribution in [1.29, 1.82) is 0 Å². The summed E-state index contributed by atoms with van der Waals surface area (Å²) in [5, 5.41) is 12.9. The van der Waals surface area contributed by atoms with Crippen LogP contribution in [-0.4, -0.2) is 16.8 Å². The van der Waals surface area contributed by atoms with Gasteiger partial charge in [0.25, 0.3) is 5.91 Å². The zero-order valence-electron chi connectivity index (χ0n) is 8.58. The molecule has 4 nitrogen and oxygen atoms in total. The lowest BCUT2D eigenvalue weighted by Gasteiger charge is -2.20. The van der Waals surface area contributed by atoms with E-state index in [1.54, 1.807) is 18.2 Å². The number of anilines is 1. The monoisotopic (exact) mass is 283 g/mol. The van der Waals surface area contributed by atoms with Crippen LogP contribution >= 0.6 is 15.9 Å². The normalized spacial score (nSPS) is 22.8. The Kier molecular flexibility index (Phi) is 2.59. The number of amides is 1. The first kappa shape index (κ1) is 11.3. The fraction of sp³-hybridized carbons (Fsp3) is 0.273. The highest BCUT2D eigenvalue weighted by atomic mass is 79.9. The number of rotatable bonds is 2. The molecule has 1 heterocycles. The van der Waals surface area contributed by atoms with Crippen LogP contribution in [0, 0.1) is 0 Å². The number of carbonyl (C=O) groups excluding carboxylic acids is 2. The van der Waals surface area contributed by atoms with E-state index in [9.17, 15) is 14.7 Å². The van der Waals surface area contributed by atoms with Gasteiger partial charge in [-0.05, 0) is 19.1 Å². The molecule has 16 heavy (non-hydrogen) atoms. The molecule has 0 fully saturated rings. The molecule has 2 rings (SSSR count). The Balaban J connectivity index is 2.58. The number of benzene rings is 1. The van der Waals surface area contributed by atoms with E-state index in [1.165, 1.54) is 6.92 Å². The van der Waals surface area contributed by atoms with Crippen molar-refractivity contribution in [1.82, 2.24) is 0 Å². The van der Waals surface area contributed by atoms with Gasteiger partial charge in [0.05, 0.1) is 0 Å². The van der Waals surface area contributed by atoms with Gasteiger partial charge < -0.3 is 10.4 Å². The van der Waals surface area contributed by atoms with Gasteiger partial charge in [-0.3, -0.25) is 9.59 Å². The van der Waals surface area contributed by atoms with E-state index in [4.69, 9.17) is 0 Å². The summed E-state index contributed by atoms with van der Waals surface area (Å²) in [6.07, 6.45) is -0.214. The summed E-state index contributed by atoms with van der Waals surface area (Å²) >= 11 is 3.28. The van der Waals surface area contributed by atoms with Gasteiger partial charge in [0.15, 0.2) is 5.60 Å². The summed E-state index contributed by atoms with van der Waals surface area (Å²) < 4.78 is 0.618. The maximum atomic E-state index is 11.7. The van der Waals surface area contributed by atoms with E-state index in [2.05, 4.69) is 21.2 Å². The number of carbonyl (C=O) groups is 2. The Hall–Kier alpha value is -1.20. The summed E-state index contributed by atoms with van der Waals surface area (Å²) in [7, 11) is 0. The second-order valence-electron chi connectivity index (χ2n) is 3.86. The third kappa shape index (κ3) is 1.56. The number of fused-ring (bicyclic) bond motifs is 1. The van der Waals surface area contributed by atoms with Crippen molar-refractivity contribution in [3.63, 3.8) is 0 Å². The van der Waals surface area contributed by atoms with Crippen LogP contribution in [0.1, 0.15) is 18.9 Å². The number of hydrogen-bond acceptors (Lipinski definition) is 3. The van der Waals surface area contributed by atoms with Gasteiger partial charge >= 0.3 is 0 Å². The number of nitrogens with one attached hydrogen (secondary N) is 1. The molecule has 5 heteroatoms. The predicted molar refractivity (Wildman–Crippen MR) is 62.0 cm³/mol. The van der Waals surface area contributed by atoms with Crippen molar-refractivity contribution < 1.29 is 14.7 Å². The average molecular weight is 284 g/mol. The Morgan fingerprint density at radius 3 is 2.88 bits per heavy atom. The SMILES string of the molecule is CC(=O)C[C@]1(O)C(=O)Nc2cccc(Br)c21. The van der Waals surface area contributed by atoms with Crippen molar-refractivity contribution in [2.75, 3.05) is 5.32 Å². The first-order chi connectivity index (χ1) is 7.45. The quantitative estimate of drug-likeness (QED) is 0.866. The topological polar surface area (TPSA) is 66.4 Å². The predicted octanol–water partition coefficient (Wildman–Crippen LogP) is 1.57. The summed E-state index contributed by atoms with van der Waals surface area (Å²) in [5.41, 5.74) is -0.764. The third-order valence-corrected chi connectivity index (χ3v) is 3.22. The Morgan fingerprint density at radius 2 is 2.25 bits per heavy atom. The molecule has 0 saturated heterocycles. The van der Waals surface area contributed by atoms with Crippen LogP contribution in [0.25, 0.3) is 0 Å². The van der Waals surface area contributed by atoms with E-state index in [0.717, 1.165) is 0 Å². The van der Waals surface area contributed by atoms with Gasteiger partial charge in [0.1, 0.15) is 5.78 Å². The first-order valence-corrected chi connectivity index (χ1v) is 5.56. The lowest BCUT2D eigenvalue weighted by Crippen LogP contribution is -2.36. The van der Waals surface area contributed by atoms with E-state index >= 15 is 0 Å². The maximum Gasteiger partial charge on any atom is 0.261 e. The molecule has 1 aliphatic rings. The lowest BCUT2D eigenvalue weighted by atomic mass is 9.90. The minimum atomic E-state index is -1.75. The fourth-order valence-corrected chi connectivity index (χ4v) is 2.61. The smallest absolute Gasteiger partial charge is 0.261 e. The molecule has 2 N–H and O–H groups in total. The number of halogens is 1. The highest BCUT2D eigenvalue weighted by Crippen LogP contribution is 2.42. The van der Waals surface area contributed by atoms with Crippen LogP contribution < -0.4 is 5.32 Å². The number of hydrogen-bond donors (Lipinski definition) is 2. The number of ketones is 1. The largest absolute Gasteiger partial charge is 0.375 e. The number of Topliss-reactive ketones (excluding diaryl/α,β-unsaturated/α-hetero) is 1. The van der Waals surface area contributed by atoms with Crippen LogP contribution in [0.15, 0.2) is 22.7 Å². The van der Waals surface area contributed by atoms with Gasteiger partial charge in [-0.2, -0.15) is 0 Å². The summed E-state index contributed by atoms with van der Waals surface area (Å²) in [6.45, 7) is 1.35. The molecular formula is C11H10BrNO3.